The number of hydrogen-bond donors (Lipinski definition) is 1. The summed E-state index contributed by atoms with van der Waals surface area (Å²) < 4.78 is 58.2. The summed E-state index contributed by atoms with van der Waals surface area (Å²) in [4.78, 5) is 18.0. The van der Waals surface area contributed by atoms with Crippen LogP contribution in [0.15, 0.2) is 30.5 Å². The van der Waals surface area contributed by atoms with Crippen LogP contribution >= 0.6 is 0 Å². The van der Waals surface area contributed by atoms with Gasteiger partial charge in [-0.25, -0.2) is 13.2 Å². The molecule has 2 bridgehead atoms. The molecule has 4 aliphatic rings. The first-order chi connectivity index (χ1) is 21.3. The highest BCUT2D eigenvalue weighted by atomic mass is 19.1. The second-order valence-corrected chi connectivity index (χ2v) is 12.4. The van der Waals surface area contributed by atoms with Crippen molar-refractivity contribution in [1.82, 2.24) is 19.9 Å². The number of alkyl halides is 1. The van der Waals surface area contributed by atoms with Gasteiger partial charge in [0.1, 0.15) is 41.4 Å². The van der Waals surface area contributed by atoms with Gasteiger partial charge in [-0.1, -0.05) is 12.0 Å². The summed E-state index contributed by atoms with van der Waals surface area (Å²) in [6, 6.07) is 5.43. The predicted molar refractivity (Wildman–Crippen MR) is 158 cm³/mol. The Morgan fingerprint density at radius 3 is 2.75 bits per heavy atom. The van der Waals surface area contributed by atoms with Gasteiger partial charge in [-0.2, -0.15) is 9.97 Å². The Morgan fingerprint density at radius 1 is 1.14 bits per heavy atom. The number of hydrogen-bond acceptors (Lipinski definition) is 8. The normalized spacial score (nSPS) is 26.4. The quantitative estimate of drug-likeness (QED) is 0.315. The minimum atomic E-state index is -0.920. The average molecular weight is 602 g/mol. The van der Waals surface area contributed by atoms with Crippen LogP contribution in [0.3, 0.4) is 0 Å². The number of ether oxygens (including phenoxy) is 2. The summed E-state index contributed by atoms with van der Waals surface area (Å²) in [5, 5.41) is 11.6. The van der Waals surface area contributed by atoms with Crippen molar-refractivity contribution in [2.45, 2.75) is 56.0 Å². The molecule has 44 heavy (non-hydrogen) atoms. The van der Waals surface area contributed by atoms with Gasteiger partial charge >= 0.3 is 6.01 Å². The molecule has 4 aromatic rings. The Labute approximate surface area is 251 Å². The monoisotopic (exact) mass is 601 g/mol. The maximum Gasteiger partial charge on any atom is 0.319 e. The highest BCUT2D eigenvalue weighted by Crippen LogP contribution is 2.42. The molecular weight excluding hydrogens is 571 g/mol. The number of fused-ring (bicyclic) bond motifs is 5. The summed E-state index contributed by atoms with van der Waals surface area (Å²) >= 11 is 0. The molecule has 0 saturated carbocycles. The van der Waals surface area contributed by atoms with Crippen LogP contribution < -0.4 is 9.64 Å². The zero-order valence-electron chi connectivity index (χ0n) is 23.9. The van der Waals surface area contributed by atoms with E-state index in [1.165, 1.54) is 30.5 Å². The fraction of sp³-hybridized carbons (Fsp3) is 0.424. The molecule has 8 rings (SSSR count). The highest BCUT2D eigenvalue weighted by molar-refractivity contribution is 6.03. The van der Waals surface area contributed by atoms with Crippen molar-refractivity contribution in [3.8, 4) is 35.4 Å². The number of pyridine rings is 1. The van der Waals surface area contributed by atoms with Crippen LogP contribution in [0.5, 0.6) is 11.8 Å². The van der Waals surface area contributed by atoms with Gasteiger partial charge in [-0.3, -0.25) is 9.88 Å². The van der Waals surface area contributed by atoms with E-state index in [0.717, 1.165) is 32.2 Å². The second-order valence-electron chi connectivity index (χ2n) is 12.4. The minimum absolute atomic E-state index is 0.0120. The molecule has 8 nitrogen and oxygen atoms in total. The largest absolute Gasteiger partial charge is 0.508 e. The van der Waals surface area contributed by atoms with Crippen molar-refractivity contribution in [1.29, 1.82) is 0 Å². The van der Waals surface area contributed by atoms with E-state index in [-0.39, 0.29) is 58.3 Å². The summed E-state index contributed by atoms with van der Waals surface area (Å²) in [6.07, 6.45) is 10.3. The highest BCUT2D eigenvalue weighted by Gasteiger charge is 2.49. The first-order valence-electron chi connectivity index (χ1n) is 15.0. The SMILES string of the molecule is C#Cc1c(F)ccc2cc(O)cc(-c3ncc4c(N5CC6CCC(C5)O6)nc(OCC56CCCN5CC(F)C6)nc4c3F)c12. The van der Waals surface area contributed by atoms with Crippen LogP contribution in [0.4, 0.5) is 19.0 Å². The molecule has 6 heterocycles. The van der Waals surface area contributed by atoms with Crippen LogP contribution in [0.1, 0.15) is 37.7 Å². The first kappa shape index (κ1) is 27.4. The lowest BCUT2D eigenvalue weighted by Gasteiger charge is -2.34. The van der Waals surface area contributed by atoms with Crippen molar-refractivity contribution < 1.29 is 27.8 Å². The summed E-state index contributed by atoms with van der Waals surface area (Å²) in [7, 11) is 0. The van der Waals surface area contributed by atoms with Crippen LogP contribution in [0.2, 0.25) is 0 Å². The maximum atomic E-state index is 16.7. The molecule has 0 radical (unpaired) electrons. The van der Waals surface area contributed by atoms with Crippen molar-refractivity contribution >= 4 is 27.5 Å². The van der Waals surface area contributed by atoms with Crippen molar-refractivity contribution in [2.75, 3.05) is 37.7 Å². The Morgan fingerprint density at radius 2 is 1.95 bits per heavy atom. The van der Waals surface area contributed by atoms with Crippen molar-refractivity contribution in [2.24, 2.45) is 0 Å². The van der Waals surface area contributed by atoms with Crippen LogP contribution in [-0.4, -0.2) is 81.7 Å². The third-order valence-electron chi connectivity index (χ3n) is 9.67. The molecule has 0 spiro atoms. The number of aromatic nitrogens is 3. The van der Waals surface area contributed by atoms with Crippen LogP contribution in [0.25, 0.3) is 32.9 Å². The van der Waals surface area contributed by atoms with Crippen LogP contribution in [-0.2, 0) is 4.74 Å². The topological polar surface area (TPSA) is 83.8 Å². The van der Waals surface area contributed by atoms with Gasteiger partial charge in [0.25, 0.3) is 0 Å². The van der Waals surface area contributed by atoms with E-state index in [0.29, 0.717) is 42.6 Å². The van der Waals surface area contributed by atoms with E-state index >= 15 is 4.39 Å². The van der Waals surface area contributed by atoms with E-state index in [1.807, 2.05) is 0 Å². The van der Waals surface area contributed by atoms with E-state index in [1.54, 1.807) is 0 Å². The third-order valence-corrected chi connectivity index (χ3v) is 9.67. The van der Waals surface area contributed by atoms with Gasteiger partial charge in [0.15, 0.2) is 5.82 Å². The number of aromatic hydroxyl groups is 1. The number of nitrogens with zero attached hydrogens (tertiary/aromatic N) is 5. The number of morpholine rings is 1. The molecule has 11 heteroatoms. The molecule has 4 saturated heterocycles. The minimum Gasteiger partial charge on any atom is -0.508 e. The molecule has 2 aromatic carbocycles. The van der Waals surface area contributed by atoms with Gasteiger partial charge in [-0.05, 0) is 55.8 Å². The number of rotatable bonds is 5. The Balaban J connectivity index is 1.28. The fourth-order valence-electron chi connectivity index (χ4n) is 7.70. The van der Waals surface area contributed by atoms with Crippen molar-refractivity contribution in [3.63, 3.8) is 0 Å². The number of terminal acetylenes is 1. The zero-order valence-corrected chi connectivity index (χ0v) is 23.9. The first-order valence-corrected chi connectivity index (χ1v) is 15.0. The van der Waals surface area contributed by atoms with Crippen molar-refractivity contribution in [3.05, 3.63) is 47.7 Å². The molecule has 226 valence electrons. The number of phenolic OH excluding ortho intramolecular Hbond substituents is 1. The predicted octanol–water partition coefficient (Wildman–Crippen LogP) is 5.13. The summed E-state index contributed by atoms with van der Waals surface area (Å²) in [6.45, 7) is 2.54. The molecule has 4 unspecified atom stereocenters. The second kappa shape index (κ2) is 10.2. The maximum absolute atomic E-state index is 16.7. The van der Waals surface area contributed by atoms with E-state index in [9.17, 15) is 13.9 Å². The smallest absolute Gasteiger partial charge is 0.319 e. The molecule has 4 atom stereocenters. The van der Waals surface area contributed by atoms with Gasteiger partial charge in [0.05, 0.1) is 28.7 Å². The van der Waals surface area contributed by atoms with Gasteiger partial charge in [-0.15, -0.1) is 6.42 Å². The molecule has 0 aliphatic carbocycles. The van der Waals surface area contributed by atoms with E-state index in [2.05, 4.69) is 25.7 Å². The summed E-state index contributed by atoms with van der Waals surface area (Å²) in [5.41, 5.74) is -0.527. The Bertz CT molecular complexity index is 1850. The van der Waals surface area contributed by atoms with Gasteiger partial charge in [0.2, 0.25) is 0 Å². The number of phenols is 1. The number of halogens is 3. The van der Waals surface area contributed by atoms with E-state index < -0.39 is 23.3 Å². The van der Waals surface area contributed by atoms with E-state index in [4.69, 9.17) is 20.9 Å². The molecule has 4 aliphatic heterocycles. The molecule has 2 aromatic heterocycles. The number of anilines is 1. The van der Waals surface area contributed by atoms with Crippen LogP contribution in [0, 0.1) is 24.0 Å². The zero-order chi connectivity index (χ0) is 30.2. The summed E-state index contributed by atoms with van der Waals surface area (Å²) in [5.74, 6) is 1.27. The molecule has 0 amide bonds. The Kier molecular flexibility index (Phi) is 6.36. The Hall–Kier alpha value is -4.14. The fourth-order valence-corrected chi connectivity index (χ4v) is 7.70. The van der Waals surface area contributed by atoms with Gasteiger partial charge < -0.3 is 19.5 Å². The molecule has 4 fully saturated rings. The molecule has 1 N–H and O–H groups in total. The average Bonchev–Trinajstić information content (AvgIpc) is 3.66. The lowest BCUT2D eigenvalue weighted by atomic mass is 9.95. The number of benzene rings is 2. The molecular formula is C33H30F3N5O3. The standard InChI is InChI=1S/C33H30F3N5O3/c1-2-23-26(35)7-4-18-10-20(42)11-24(27(18)23)29-28(36)30-25(13-37-29)31(40-15-21-5-6-22(16-40)44-21)39-32(38-30)43-17-33-8-3-9-41(33)14-19(34)12-33/h1,4,7,10-11,13,19,21-22,42H,3,5-6,8-9,12,14-17H2. The lowest BCUT2D eigenvalue weighted by molar-refractivity contribution is 0.0302. The lowest BCUT2D eigenvalue weighted by Crippen LogP contribution is -2.44. The third kappa shape index (κ3) is 4.34. The van der Waals surface area contributed by atoms with Gasteiger partial charge in [0, 0.05) is 43.2 Å².